The van der Waals surface area contributed by atoms with Gasteiger partial charge in [0, 0.05) is 16.0 Å². The van der Waals surface area contributed by atoms with Crippen molar-refractivity contribution in [3.8, 4) is 0 Å². The van der Waals surface area contributed by atoms with Crippen LogP contribution in [-0.2, 0) is 4.79 Å². The maximum absolute atomic E-state index is 11.9. The monoisotopic (exact) mass is 328 g/mol. The summed E-state index contributed by atoms with van der Waals surface area (Å²) in [5, 5.41) is 2.89. The molecular formula is C13H17BrN2OS. The molecule has 0 aliphatic rings. The molecule has 3 N–H and O–H groups in total. The number of rotatable bonds is 4. The Hall–Kier alpha value is -0.940. The minimum atomic E-state index is -0.0350. The lowest BCUT2D eigenvalue weighted by Crippen LogP contribution is -2.24. The highest BCUT2D eigenvalue weighted by atomic mass is 79.9. The Kier molecular flexibility index (Phi) is 5.28. The molecule has 0 fully saturated rings. The zero-order chi connectivity index (χ0) is 13.9. The smallest absolute Gasteiger partial charge is 0.227 e. The third-order valence-corrected chi connectivity index (χ3v) is 3.82. The highest BCUT2D eigenvalue weighted by molar-refractivity contribution is 9.10. The van der Waals surface area contributed by atoms with E-state index in [2.05, 4.69) is 21.2 Å². The lowest BCUT2D eigenvalue weighted by atomic mass is 9.97. The molecule has 0 aliphatic heterocycles. The van der Waals surface area contributed by atoms with Gasteiger partial charge in [-0.3, -0.25) is 4.79 Å². The first-order valence-electron chi connectivity index (χ1n) is 5.73. The molecule has 0 spiro atoms. The number of hydrogen-bond acceptors (Lipinski definition) is 2. The Morgan fingerprint density at radius 1 is 1.39 bits per heavy atom. The predicted molar refractivity (Wildman–Crippen MR) is 82.7 cm³/mol. The second-order valence-electron chi connectivity index (χ2n) is 4.58. The first-order chi connectivity index (χ1) is 8.32. The summed E-state index contributed by atoms with van der Waals surface area (Å²) < 4.78 is 0.775. The Bertz CT molecular complexity index is 474. The molecule has 0 radical (unpaired) electrons. The number of carbonyl (C=O) groups excluding carboxylic acids is 1. The summed E-state index contributed by atoms with van der Waals surface area (Å²) in [4.78, 5) is 12.3. The first-order valence-corrected chi connectivity index (χ1v) is 6.93. The average Bonchev–Trinajstić information content (AvgIpc) is 2.30. The van der Waals surface area contributed by atoms with E-state index in [1.165, 1.54) is 0 Å². The van der Waals surface area contributed by atoms with Gasteiger partial charge in [-0.2, -0.15) is 0 Å². The molecule has 1 aromatic rings. The van der Waals surface area contributed by atoms with Crippen LogP contribution in [0.25, 0.3) is 0 Å². The van der Waals surface area contributed by atoms with E-state index in [1.807, 2.05) is 20.8 Å². The van der Waals surface area contributed by atoms with Crippen LogP contribution in [0.15, 0.2) is 22.7 Å². The fraction of sp³-hybridized carbons (Fsp3) is 0.385. The fourth-order valence-corrected chi connectivity index (χ4v) is 1.92. The molecule has 18 heavy (non-hydrogen) atoms. The van der Waals surface area contributed by atoms with E-state index < -0.39 is 0 Å². The van der Waals surface area contributed by atoms with Crippen LogP contribution in [0.1, 0.15) is 26.3 Å². The molecule has 3 nitrogen and oxygen atoms in total. The molecule has 98 valence electrons. The van der Waals surface area contributed by atoms with Gasteiger partial charge in [-0.05, 0) is 40.0 Å². The summed E-state index contributed by atoms with van der Waals surface area (Å²) >= 11 is 8.30. The van der Waals surface area contributed by atoms with E-state index >= 15 is 0 Å². The quantitative estimate of drug-likeness (QED) is 0.833. The SMILES string of the molecule is CC(C)C(C)C(=O)Nc1ccc(C(N)=S)cc1Br. The van der Waals surface area contributed by atoms with Crippen LogP contribution in [-0.4, -0.2) is 10.9 Å². The summed E-state index contributed by atoms with van der Waals surface area (Å²) in [5.74, 6) is 0.278. The van der Waals surface area contributed by atoms with Crippen molar-refractivity contribution in [1.29, 1.82) is 0 Å². The average molecular weight is 329 g/mol. The summed E-state index contributed by atoms with van der Waals surface area (Å²) in [5.41, 5.74) is 7.04. The van der Waals surface area contributed by atoms with Gasteiger partial charge in [0.25, 0.3) is 0 Å². The summed E-state index contributed by atoms with van der Waals surface area (Å²) in [6, 6.07) is 5.39. The van der Waals surface area contributed by atoms with Gasteiger partial charge in [-0.25, -0.2) is 0 Å². The zero-order valence-corrected chi connectivity index (χ0v) is 13.1. The van der Waals surface area contributed by atoms with Crippen molar-refractivity contribution in [3.63, 3.8) is 0 Å². The largest absolute Gasteiger partial charge is 0.389 e. The normalized spacial score (nSPS) is 12.3. The van der Waals surface area contributed by atoms with E-state index in [-0.39, 0.29) is 11.8 Å². The summed E-state index contributed by atoms with van der Waals surface area (Å²) in [7, 11) is 0. The van der Waals surface area contributed by atoms with E-state index in [0.29, 0.717) is 10.9 Å². The zero-order valence-electron chi connectivity index (χ0n) is 10.7. The lowest BCUT2D eigenvalue weighted by molar-refractivity contribution is -0.120. The first kappa shape index (κ1) is 15.1. The molecule has 0 aliphatic carbocycles. The van der Waals surface area contributed by atoms with Crippen molar-refractivity contribution >= 4 is 44.7 Å². The van der Waals surface area contributed by atoms with Crippen LogP contribution >= 0.6 is 28.1 Å². The minimum Gasteiger partial charge on any atom is -0.389 e. The van der Waals surface area contributed by atoms with Gasteiger partial charge in [0.05, 0.1) is 5.69 Å². The number of nitrogens with one attached hydrogen (secondary N) is 1. The maximum Gasteiger partial charge on any atom is 0.227 e. The predicted octanol–water partition coefficient (Wildman–Crippen LogP) is 3.31. The van der Waals surface area contributed by atoms with Crippen LogP contribution in [0, 0.1) is 11.8 Å². The number of thiocarbonyl (C=S) groups is 1. The molecule has 1 amide bonds. The van der Waals surface area contributed by atoms with Crippen LogP contribution < -0.4 is 11.1 Å². The van der Waals surface area contributed by atoms with E-state index in [9.17, 15) is 4.79 Å². The highest BCUT2D eigenvalue weighted by Gasteiger charge is 2.17. The number of amides is 1. The van der Waals surface area contributed by atoms with E-state index in [0.717, 1.165) is 15.7 Å². The number of anilines is 1. The van der Waals surface area contributed by atoms with Crippen molar-refractivity contribution in [3.05, 3.63) is 28.2 Å². The van der Waals surface area contributed by atoms with Crippen molar-refractivity contribution in [1.82, 2.24) is 0 Å². The molecule has 5 heteroatoms. The molecule has 1 unspecified atom stereocenters. The second-order valence-corrected chi connectivity index (χ2v) is 5.87. The third kappa shape index (κ3) is 3.78. The van der Waals surface area contributed by atoms with Gasteiger partial charge in [-0.1, -0.05) is 33.0 Å². The topological polar surface area (TPSA) is 55.1 Å². The molecular weight excluding hydrogens is 312 g/mol. The molecule has 0 saturated heterocycles. The van der Waals surface area contributed by atoms with Gasteiger partial charge in [0.2, 0.25) is 5.91 Å². The van der Waals surface area contributed by atoms with E-state index in [4.69, 9.17) is 18.0 Å². The van der Waals surface area contributed by atoms with Gasteiger partial charge in [-0.15, -0.1) is 0 Å². The Morgan fingerprint density at radius 2 is 2.00 bits per heavy atom. The number of carbonyl (C=O) groups is 1. The Labute approximate surface area is 121 Å². The molecule has 0 bridgehead atoms. The third-order valence-electron chi connectivity index (χ3n) is 2.93. The number of benzene rings is 1. The van der Waals surface area contributed by atoms with E-state index in [1.54, 1.807) is 18.2 Å². The van der Waals surface area contributed by atoms with Gasteiger partial charge < -0.3 is 11.1 Å². The van der Waals surface area contributed by atoms with Crippen LogP contribution in [0.3, 0.4) is 0 Å². The highest BCUT2D eigenvalue weighted by Crippen LogP contribution is 2.25. The fourth-order valence-electron chi connectivity index (χ4n) is 1.32. The molecule has 1 atom stereocenters. The van der Waals surface area contributed by atoms with Crippen molar-refractivity contribution in [2.45, 2.75) is 20.8 Å². The Morgan fingerprint density at radius 3 is 2.44 bits per heavy atom. The van der Waals surface area contributed by atoms with Gasteiger partial charge in [0.15, 0.2) is 0 Å². The van der Waals surface area contributed by atoms with Crippen molar-refractivity contribution in [2.75, 3.05) is 5.32 Å². The molecule has 1 aromatic carbocycles. The van der Waals surface area contributed by atoms with Gasteiger partial charge in [0.1, 0.15) is 4.99 Å². The molecule has 1 rings (SSSR count). The second kappa shape index (κ2) is 6.29. The molecule has 0 saturated carbocycles. The van der Waals surface area contributed by atoms with Crippen LogP contribution in [0.5, 0.6) is 0 Å². The molecule has 0 heterocycles. The summed E-state index contributed by atoms with van der Waals surface area (Å²) in [6.07, 6.45) is 0. The number of hydrogen-bond donors (Lipinski definition) is 2. The van der Waals surface area contributed by atoms with Gasteiger partial charge >= 0.3 is 0 Å². The van der Waals surface area contributed by atoms with Crippen molar-refractivity contribution in [2.24, 2.45) is 17.6 Å². The number of halogens is 1. The van der Waals surface area contributed by atoms with Crippen molar-refractivity contribution < 1.29 is 4.79 Å². The lowest BCUT2D eigenvalue weighted by Gasteiger charge is -2.16. The number of nitrogens with two attached hydrogens (primary N) is 1. The van der Waals surface area contributed by atoms with Crippen LogP contribution in [0.4, 0.5) is 5.69 Å². The Balaban J connectivity index is 2.86. The minimum absolute atomic E-state index is 0.00813. The standard InChI is InChI=1S/C13H17BrN2OS/c1-7(2)8(3)13(17)16-11-5-4-9(12(15)18)6-10(11)14/h4-8H,1-3H3,(H2,15,18)(H,16,17). The molecule has 0 aromatic heterocycles. The summed E-state index contributed by atoms with van der Waals surface area (Å²) in [6.45, 7) is 5.96. The maximum atomic E-state index is 11.9. The van der Waals surface area contributed by atoms with Crippen LogP contribution in [0.2, 0.25) is 0 Å².